The Morgan fingerprint density at radius 2 is 2.18 bits per heavy atom. The number of anilines is 1. The lowest BCUT2D eigenvalue weighted by Crippen LogP contribution is -2.33. The second-order valence-electron chi connectivity index (χ2n) is 1.64. The van der Waals surface area contributed by atoms with Crippen molar-refractivity contribution in [3.8, 4) is 0 Å². The van der Waals surface area contributed by atoms with Gasteiger partial charge in [0.15, 0.2) is 0 Å². The van der Waals surface area contributed by atoms with E-state index in [0.29, 0.717) is 0 Å². The number of hydrogen-bond donors (Lipinski definition) is 2. The molecule has 0 saturated heterocycles. The highest BCUT2D eigenvalue weighted by Crippen LogP contribution is 1.82. The summed E-state index contributed by atoms with van der Waals surface area (Å²) in [4.78, 5) is 20.9. The minimum atomic E-state index is -1.04. The summed E-state index contributed by atoms with van der Waals surface area (Å²) in [5, 5.41) is 12.1. The van der Waals surface area contributed by atoms with Crippen molar-refractivity contribution in [1.29, 1.82) is 0 Å². The smallest absolute Gasteiger partial charge is 0.376 e. The SMILES string of the molecule is Nc1nn(N)n([N+](=O)[O-])c1=O. The van der Waals surface area contributed by atoms with Crippen LogP contribution in [0, 0.1) is 10.1 Å². The van der Waals surface area contributed by atoms with E-state index in [1.54, 1.807) is 0 Å². The number of rotatable bonds is 1. The lowest BCUT2D eigenvalue weighted by atomic mass is 10.8. The van der Waals surface area contributed by atoms with E-state index in [-0.39, 0.29) is 9.70 Å². The third-order valence-corrected chi connectivity index (χ3v) is 0.960. The number of aromatic nitrogens is 3. The highest BCUT2D eigenvalue weighted by atomic mass is 16.7. The molecule has 0 amide bonds. The first kappa shape index (κ1) is 7.05. The monoisotopic (exact) mass is 160 g/mol. The molecule has 0 spiro atoms. The van der Waals surface area contributed by atoms with E-state index in [1.165, 1.54) is 0 Å². The Kier molecular flexibility index (Phi) is 1.26. The maximum absolute atomic E-state index is 10.7. The van der Waals surface area contributed by atoms with Crippen LogP contribution in [0.1, 0.15) is 0 Å². The minimum Gasteiger partial charge on any atom is -0.376 e. The molecule has 9 nitrogen and oxygen atoms in total. The first-order valence-corrected chi connectivity index (χ1v) is 2.41. The third kappa shape index (κ3) is 0.870. The summed E-state index contributed by atoms with van der Waals surface area (Å²) >= 11 is 0. The van der Waals surface area contributed by atoms with Gasteiger partial charge in [0.25, 0.3) is 0 Å². The van der Waals surface area contributed by atoms with Gasteiger partial charge in [-0.05, 0) is 5.10 Å². The van der Waals surface area contributed by atoms with Crippen LogP contribution in [0.15, 0.2) is 4.79 Å². The first-order valence-electron chi connectivity index (χ1n) is 2.41. The van der Waals surface area contributed by atoms with E-state index in [2.05, 4.69) is 5.10 Å². The average Bonchev–Trinajstić information content (AvgIpc) is 2.07. The van der Waals surface area contributed by atoms with Gasteiger partial charge in [0.05, 0.1) is 14.7 Å². The van der Waals surface area contributed by atoms with Crippen LogP contribution in [-0.2, 0) is 0 Å². The number of hydrogen-bond acceptors (Lipinski definition) is 6. The Bertz CT molecular complexity index is 347. The van der Waals surface area contributed by atoms with Crippen LogP contribution in [-0.4, -0.2) is 19.8 Å². The van der Waals surface area contributed by atoms with Crippen molar-refractivity contribution >= 4 is 5.82 Å². The number of nitro groups is 1. The highest BCUT2D eigenvalue weighted by molar-refractivity contribution is 5.20. The van der Waals surface area contributed by atoms with E-state index in [4.69, 9.17) is 11.6 Å². The maximum Gasteiger partial charge on any atom is 0.379 e. The Morgan fingerprint density at radius 1 is 1.64 bits per heavy atom. The molecule has 0 radical (unpaired) electrons. The van der Waals surface area contributed by atoms with E-state index < -0.39 is 16.4 Å². The summed E-state index contributed by atoms with van der Waals surface area (Å²) in [7, 11) is 0. The Hall–Kier alpha value is -2.06. The second kappa shape index (κ2) is 1.97. The molecule has 0 fully saturated rings. The van der Waals surface area contributed by atoms with Crippen molar-refractivity contribution in [2.45, 2.75) is 0 Å². The van der Waals surface area contributed by atoms with Crippen LogP contribution in [0.3, 0.4) is 0 Å². The summed E-state index contributed by atoms with van der Waals surface area (Å²) in [5.41, 5.74) is 3.89. The van der Waals surface area contributed by atoms with Crippen molar-refractivity contribution in [3.63, 3.8) is 0 Å². The van der Waals surface area contributed by atoms with Gasteiger partial charge in [0.1, 0.15) is 0 Å². The summed E-state index contributed by atoms with van der Waals surface area (Å²) in [5.74, 6) is 4.38. The quantitative estimate of drug-likeness (QED) is 0.262. The number of nitrogens with two attached hydrogens (primary N) is 2. The zero-order chi connectivity index (χ0) is 8.59. The molecule has 1 aromatic rings. The topological polar surface area (TPSA) is 135 Å². The van der Waals surface area contributed by atoms with Crippen LogP contribution < -0.4 is 17.1 Å². The molecule has 0 aliphatic carbocycles. The summed E-state index contributed by atoms with van der Waals surface area (Å²) in [6.07, 6.45) is 0. The Labute approximate surface area is 58.9 Å². The first-order chi connectivity index (χ1) is 5.04. The Morgan fingerprint density at radius 3 is 2.36 bits per heavy atom. The predicted molar refractivity (Wildman–Crippen MR) is 33.4 cm³/mol. The molecule has 0 bridgehead atoms. The van der Waals surface area contributed by atoms with Crippen LogP contribution in [0.2, 0.25) is 0 Å². The highest BCUT2D eigenvalue weighted by Gasteiger charge is 2.17. The van der Waals surface area contributed by atoms with Crippen molar-refractivity contribution < 1.29 is 5.03 Å². The normalized spacial score (nSPS) is 9.82. The molecular formula is C2H4N6O3. The fourth-order valence-corrected chi connectivity index (χ4v) is 0.540. The van der Waals surface area contributed by atoms with Crippen molar-refractivity contribution in [2.24, 2.45) is 0 Å². The van der Waals surface area contributed by atoms with E-state index in [9.17, 15) is 14.9 Å². The molecule has 0 unspecified atom stereocenters. The molecule has 0 aliphatic heterocycles. The van der Waals surface area contributed by atoms with Gasteiger partial charge in [0, 0.05) is 0 Å². The number of nitrogens with zero attached hydrogens (tertiary/aromatic N) is 4. The van der Waals surface area contributed by atoms with Gasteiger partial charge < -0.3 is 15.8 Å². The van der Waals surface area contributed by atoms with Gasteiger partial charge in [-0.2, -0.15) is 0 Å². The third-order valence-electron chi connectivity index (χ3n) is 0.960. The van der Waals surface area contributed by atoms with Gasteiger partial charge in [-0.25, -0.2) is 5.84 Å². The van der Waals surface area contributed by atoms with Crippen molar-refractivity contribution in [3.05, 3.63) is 20.5 Å². The lowest BCUT2D eigenvalue weighted by molar-refractivity contribution is -0.561. The molecular weight excluding hydrogens is 156 g/mol. The van der Waals surface area contributed by atoms with Crippen molar-refractivity contribution in [2.75, 3.05) is 11.6 Å². The molecule has 60 valence electrons. The fourth-order valence-electron chi connectivity index (χ4n) is 0.540. The molecule has 11 heavy (non-hydrogen) atoms. The molecule has 1 rings (SSSR count). The molecule has 4 N–H and O–H groups in total. The van der Waals surface area contributed by atoms with Crippen LogP contribution in [0.25, 0.3) is 0 Å². The largest absolute Gasteiger partial charge is 0.379 e. The van der Waals surface area contributed by atoms with Crippen LogP contribution in [0.5, 0.6) is 0 Å². The van der Waals surface area contributed by atoms with Gasteiger partial charge in [0.2, 0.25) is 5.82 Å². The zero-order valence-electron chi connectivity index (χ0n) is 5.17. The van der Waals surface area contributed by atoms with E-state index >= 15 is 0 Å². The molecule has 1 aromatic heterocycles. The fraction of sp³-hybridized carbons (Fsp3) is 0. The summed E-state index contributed by atoms with van der Waals surface area (Å²) in [6, 6.07) is 0. The molecule has 0 saturated carbocycles. The second-order valence-corrected chi connectivity index (χ2v) is 1.64. The number of nitrogen functional groups attached to an aromatic ring is 2. The zero-order valence-corrected chi connectivity index (χ0v) is 5.17. The lowest BCUT2D eigenvalue weighted by Gasteiger charge is -1.91. The van der Waals surface area contributed by atoms with Gasteiger partial charge in [-0.3, -0.25) is 4.79 Å². The van der Waals surface area contributed by atoms with Crippen LogP contribution in [0.4, 0.5) is 5.82 Å². The molecule has 0 aromatic carbocycles. The van der Waals surface area contributed by atoms with Crippen LogP contribution >= 0.6 is 0 Å². The Balaban J connectivity index is 3.47. The van der Waals surface area contributed by atoms with Gasteiger partial charge in [-0.1, -0.05) is 0 Å². The van der Waals surface area contributed by atoms with Crippen molar-refractivity contribution in [1.82, 2.24) is 14.8 Å². The molecule has 0 atom stereocenters. The minimum absolute atomic E-state index is 0.00463. The van der Waals surface area contributed by atoms with E-state index in [0.717, 1.165) is 0 Å². The van der Waals surface area contributed by atoms with E-state index in [1.807, 2.05) is 0 Å². The van der Waals surface area contributed by atoms with Gasteiger partial charge >= 0.3 is 5.56 Å². The predicted octanol–water partition coefficient (Wildman–Crippen LogP) is -2.62. The molecule has 1 heterocycles. The standard InChI is InChI=1S/C2H4N6O3/c3-1-2(9)6(8(10)11)7(4)5-1/h4H2,(H2,3,5). The maximum atomic E-state index is 10.7. The summed E-state index contributed by atoms with van der Waals surface area (Å²) < 4.78 is 0. The average molecular weight is 160 g/mol. The molecule has 9 heteroatoms. The summed E-state index contributed by atoms with van der Waals surface area (Å²) in [6.45, 7) is 0. The van der Waals surface area contributed by atoms with Gasteiger partial charge in [-0.15, -0.1) is 0 Å². The molecule has 0 aliphatic rings.